The monoisotopic (exact) mass is 493 g/mol. The Hall–Kier alpha value is -0.0000000000000000763. The van der Waals surface area contributed by atoms with Gasteiger partial charge >= 0.3 is 6.72 Å². The second kappa shape index (κ2) is 22.8. The lowest BCUT2D eigenvalue weighted by atomic mass is 10.0. The molecule has 0 fully saturated rings. The Morgan fingerprint density at radius 1 is 0.812 bits per heavy atom. The molecule has 1 atom stereocenters. The molecule has 0 aliphatic rings. The van der Waals surface area contributed by atoms with Gasteiger partial charge in [-0.15, -0.1) is 0 Å². The summed E-state index contributed by atoms with van der Waals surface area (Å²) in [5, 5.41) is 3.02. The molecule has 0 aromatic rings. The molecule has 7 heteroatoms. The smallest absolute Gasteiger partial charge is 0.324 e. The first kappa shape index (κ1) is 32.0. The summed E-state index contributed by atoms with van der Waals surface area (Å²) in [6.45, 7) is 3.97. The van der Waals surface area contributed by atoms with Crippen molar-refractivity contribution in [2.45, 2.75) is 142 Å². The molecular weight excluding hydrogens is 441 g/mol. The van der Waals surface area contributed by atoms with Gasteiger partial charge in [0.05, 0.1) is 12.7 Å². The lowest BCUT2D eigenvalue weighted by Crippen LogP contribution is -2.23. The van der Waals surface area contributed by atoms with Crippen LogP contribution in [-0.4, -0.2) is 30.1 Å². The van der Waals surface area contributed by atoms with Crippen molar-refractivity contribution >= 4 is 24.4 Å². The van der Waals surface area contributed by atoms with Crippen molar-refractivity contribution in [2.24, 2.45) is 0 Å². The van der Waals surface area contributed by atoms with E-state index in [1.807, 2.05) is 13.8 Å². The van der Waals surface area contributed by atoms with Crippen molar-refractivity contribution in [3.63, 3.8) is 0 Å². The van der Waals surface area contributed by atoms with Gasteiger partial charge in [0.15, 0.2) is 0 Å². The Morgan fingerprint density at radius 2 is 1.28 bits per heavy atom. The Bertz CT molecular complexity index is 477. The van der Waals surface area contributed by atoms with Gasteiger partial charge in [0, 0.05) is 13.0 Å². The Morgan fingerprint density at radius 3 is 1.78 bits per heavy atom. The molecule has 0 radical (unpaired) electrons. The molecule has 0 aliphatic carbocycles. The van der Waals surface area contributed by atoms with Gasteiger partial charge in [0.1, 0.15) is 0 Å². The highest BCUT2D eigenvalue weighted by Gasteiger charge is 2.16. The molecule has 0 aromatic carbocycles. The van der Waals surface area contributed by atoms with E-state index < -0.39 is 6.72 Å². The average molecular weight is 494 g/mol. The van der Waals surface area contributed by atoms with E-state index in [9.17, 15) is 9.69 Å². The normalized spacial score (nSPS) is 13.4. The molecule has 0 rings (SSSR count). The summed E-state index contributed by atoms with van der Waals surface area (Å²) < 4.78 is 10.5. The van der Waals surface area contributed by atoms with Gasteiger partial charge in [-0.1, -0.05) is 96.8 Å². The van der Waals surface area contributed by atoms with Crippen molar-refractivity contribution in [3.8, 4) is 0 Å². The van der Waals surface area contributed by atoms with Crippen LogP contribution in [-0.2, 0) is 25.6 Å². The molecule has 32 heavy (non-hydrogen) atoms. The predicted octanol–water partition coefficient (Wildman–Crippen LogP) is 7.80. The third-order valence-electron chi connectivity index (χ3n) is 5.50. The van der Waals surface area contributed by atoms with Gasteiger partial charge < -0.3 is 19.3 Å². The molecule has 0 saturated heterocycles. The Kier molecular flexibility index (Phi) is 22.8. The number of nitrogens with one attached hydrogen (secondary N) is 1. The molecule has 5 nitrogen and oxygen atoms in total. The minimum atomic E-state index is -3.10. The van der Waals surface area contributed by atoms with Gasteiger partial charge in [-0.05, 0) is 44.9 Å². The van der Waals surface area contributed by atoms with Crippen LogP contribution < -0.4 is 5.32 Å². The van der Waals surface area contributed by atoms with Crippen LogP contribution in [0.3, 0.4) is 0 Å². The van der Waals surface area contributed by atoms with E-state index >= 15 is 0 Å². The van der Waals surface area contributed by atoms with Crippen LogP contribution in [0.4, 0.5) is 0 Å². The number of hydrogen-bond donors (Lipinski definition) is 2. The second-order valence-electron chi connectivity index (χ2n) is 9.21. The van der Waals surface area contributed by atoms with Crippen LogP contribution in [0.15, 0.2) is 0 Å². The largest absolute Gasteiger partial charge is 0.356 e. The fourth-order valence-electron chi connectivity index (χ4n) is 3.68. The number of rotatable bonds is 24. The molecule has 1 unspecified atom stereocenters. The molecule has 0 spiro atoms. The molecule has 2 N–H and O–H groups in total. The molecular formula is C25H52NO4PS. The van der Waals surface area contributed by atoms with E-state index in [4.69, 9.17) is 20.9 Å². The lowest BCUT2D eigenvalue weighted by molar-refractivity contribution is -0.121. The second-order valence-corrected chi connectivity index (χ2v) is 12.0. The van der Waals surface area contributed by atoms with E-state index in [1.165, 1.54) is 83.5 Å². The predicted molar refractivity (Wildman–Crippen MR) is 140 cm³/mol. The summed E-state index contributed by atoms with van der Waals surface area (Å²) >= 11 is 4.93. The number of carbonyl (C=O) groups excluding carboxylic acids is 1. The topological polar surface area (TPSA) is 67.8 Å². The molecule has 0 aliphatic heterocycles. The zero-order valence-corrected chi connectivity index (χ0v) is 23.0. The Balaban J connectivity index is 3.29. The maximum Gasteiger partial charge on any atom is 0.324 e. The zero-order valence-electron chi connectivity index (χ0n) is 21.2. The number of carbonyl (C=O) groups is 1. The van der Waals surface area contributed by atoms with Crippen LogP contribution in [0.5, 0.6) is 0 Å². The van der Waals surface area contributed by atoms with Crippen molar-refractivity contribution in [2.75, 3.05) is 13.2 Å². The maximum atomic E-state index is 11.9. The quantitative estimate of drug-likeness (QED) is 0.106. The van der Waals surface area contributed by atoms with Crippen molar-refractivity contribution in [1.29, 1.82) is 0 Å². The summed E-state index contributed by atoms with van der Waals surface area (Å²) in [6, 6.07) is 0. The standard InChI is InChI=1S/C25H52NO4PS/c1-4-5-6-7-8-9-10-11-12-13-14-15-16-19-22-26-25(27)21-18-17-20-23-29-31(28,32)30-24(2)3/h24H,4-23H2,1-3H3,(H,26,27)(H,28,32). The molecule has 0 bridgehead atoms. The van der Waals surface area contributed by atoms with Crippen LogP contribution in [0.1, 0.15) is 136 Å². The Labute approximate surface area is 204 Å². The van der Waals surface area contributed by atoms with E-state index in [2.05, 4.69) is 12.2 Å². The molecule has 0 aromatic heterocycles. The highest BCUT2D eigenvalue weighted by molar-refractivity contribution is 8.07. The summed E-state index contributed by atoms with van der Waals surface area (Å²) in [5.74, 6) is 0.135. The number of unbranched alkanes of at least 4 members (excludes halogenated alkanes) is 15. The molecule has 192 valence electrons. The van der Waals surface area contributed by atoms with Crippen LogP contribution in [0.2, 0.25) is 0 Å². The first-order valence-electron chi connectivity index (χ1n) is 13.3. The third-order valence-corrected chi connectivity index (χ3v) is 7.27. The van der Waals surface area contributed by atoms with Crippen molar-refractivity contribution in [3.05, 3.63) is 0 Å². The number of amides is 1. The van der Waals surface area contributed by atoms with Crippen molar-refractivity contribution in [1.82, 2.24) is 5.32 Å². The molecule has 0 saturated carbocycles. The summed E-state index contributed by atoms with van der Waals surface area (Å²) in [6.07, 6.45) is 21.8. The summed E-state index contributed by atoms with van der Waals surface area (Å²) in [5.41, 5.74) is 0. The first-order chi connectivity index (χ1) is 15.4. The minimum Gasteiger partial charge on any atom is -0.356 e. The highest BCUT2D eigenvalue weighted by atomic mass is 32.5. The van der Waals surface area contributed by atoms with Crippen LogP contribution in [0, 0.1) is 0 Å². The van der Waals surface area contributed by atoms with Gasteiger partial charge in [-0.2, -0.15) is 0 Å². The van der Waals surface area contributed by atoms with E-state index in [-0.39, 0.29) is 12.0 Å². The van der Waals surface area contributed by atoms with Gasteiger partial charge in [-0.3, -0.25) is 4.79 Å². The SMILES string of the molecule is CCCCCCCCCCCCCCCCNC(=O)CCCCCOP(O)(=S)OC(C)C. The van der Waals surface area contributed by atoms with Gasteiger partial charge in [-0.25, -0.2) is 0 Å². The fraction of sp³-hybridized carbons (Fsp3) is 0.960. The fourth-order valence-corrected chi connectivity index (χ4v) is 5.37. The zero-order chi connectivity index (χ0) is 23.9. The van der Waals surface area contributed by atoms with Gasteiger partial charge in [0.2, 0.25) is 5.91 Å². The maximum absolute atomic E-state index is 11.9. The van der Waals surface area contributed by atoms with Crippen LogP contribution in [0.25, 0.3) is 0 Å². The van der Waals surface area contributed by atoms with E-state index in [0.29, 0.717) is 13.0 Å². The van der Waals surface area contributed by atoms with Gasteiger partial charge in [0.25, 0.3) is 0 Å². The third kappa shape index (κ3) is 24.6. The first-order valence-corrected chi connectivity index (χ1v) is 15.9. The average Bonchev–Trinajstić information content (AvgIpc) is 2.72. The van der Waals surface area contributed by atoms with E-state index in [0.717, 1.165) is 32.2 Å². The van der Waals surface area contributed by atoms with Crippen LogP contribution >= 0.6 is 6.72 Å². The summed E-state index contributed by atoms with van der Waals surface area (Å²) in [7, 11) is 0. The number of hydrogen-bond acceptors (Lipinski definition) is 4. The lowest BCUT2D eigenvalue weighted by Gasteiger charge is -2.17. The molecule has 1 amide bonds. The summed E-state index contributed by atoms with van der Waals surface area (Å²) in [4.78, 5) is 21.7. The van der Waals surface area contributed by atoms with Crippen molar-refractivity contribution < 1.29 is 18.7 Å². The molecule has 0 heterocycles. The highest BCUT2D eigenvalue weighted by Crippen LogP contribution is 2.45. The van der Waals surface area contributed by atoms with E-state index in [1.54, 1.807) is 0 Å². The minimum absolute atomic E-state index is 0.135.